The van der Waals surface area contributed by atoms with Gasteiger partial charge in [0, 0.05) is 6.42 Å². The van der Waals surface area contributed by atoms with Crippen LogP contribution in [-0.2, 0) is 14.3 Å². The molecule has 0 aromatic heterocycles. The van der Waals surface area contributed by atoms with E-state index in [0.717, 1.165) is 38.5 Å². The van der Waals surface area contributed by atoms with E-state index in [4.69, 9.17) is 9.47 Å². The number of rotatable bonds is 56. The molecule has 0 radical (unpaired) electrons. The molecule has 1 rings (SSSR count). The number of nitrogens with one attached hydrogen (secondary N) is 1. The smallest absolute Gasteiger partial charge is 0.220 e. The van der Waals surface area contributed by atoms with Crippen LogP contribution in [0.5, 0.6) is 0 Å². The molecule has 0 spiro atoms. The Kier molecular flexibility index (Phi) is 51.6. The lowest BCUT2D eigenvalue weighted by molar-refractivity contribution is -0.302. The standard InChI is InChI=1S/C64H123NO8/c1-3-5-7-9-11-13-15-17-19-21-22-23-24-25-26-27-28-29-30-31-32-33-34-35-36-38-40-42-44-46-48-50-52-54-60(68)65-57(56-72-64-63(71)62(70)61(69)59(55-66)73-64)58(67)53-51-49-47-45-43-41-39-37-20-18-16-14-12-10-8-6-4-2/h43,45,51,53,57-59,61-64,66-67,69-71H,3-42,44,46-50,52,54-56H2,1-2H3,(H,65,68)/b45-43+,53-51+. The van der Waals surface area contributed by atoms with Crippen LogP contribution in [0.15, 0.2) is 24.3 Å². The molecule has 7 atom stereocenters. The third-order valence-electron chi connectivity index (χ3n) is 15.5. The number of ether oxygens (including phenoxy) is 2. The lowest BCUT2D eigenvalue weighted by Gasteiger charge is -2.40. The zero-order valence-electron chi connectivity index (χ0n) is 48.2. The van der Waals surface area contributed by atoms with Gasteiger partial charge in [-0.1, -0.05) is 308 Å². The van der Waals surface area contributed by atoms with Crippen LogP contribution in [0.3, 0.4) is 0 Å². The van der Waals surface area contributed by atoms with Gasteiger partial charge >= 0.3 is 0 Å². The molecule has 73 heavy (non-hydrogen) atoms. The number of allylic oxidation sites excluding steroid dienone is 3. The van der Waals surface area contributed by atoms with E-state index in [1.807, 2.05) is 6.08 Å². The summed E-state index contributed by atoms with van der Waals surface area (Å²) < 4.78 is 11.3. The normalized spacial score (nSPS) is 19.1. The fourth-order valence-electron chi connectivity index (χ4n) is 10.5. The van der Waals surface area contributed by atoms with Gasteiger partial charge in [0.2, 0.25) is 5.91 Å². The Morgan fingerprint density at radius 2 is 0.781 bits per heavy atom. The predicted octanol–water partition coefficient (Wildman–Crippen LogP) is 16.5. The molecule has 1 heterocycles. The van der Waals surface area contributed by atoms with Crippen LogP contribution in [0.25, 0.3) is 0 Å². The third kappa shape index (κ3) is 43.4. The molecule has 432 valence electrons. The first-order valence-electron chi connectivity index (χ1n) is 32.1. The van der Waals surface area contributed by atoms with Crippen molar-refractivity contribution >= 4 is 5.91 Å². The Labute approximate surface area is 451 Å². The van der Waals surface area contributed by atoms with Crippen LogP contribution in [0.4, 0.5) is 0 Å². The fraction of sp³-hybridized carbons (Fsp3) is 0.922. The molecule has 9 heteroatoms. The van der Waals surface area contributed by atoms with Crippen LogP contribution in [0, 0.1) is 0 Å². The molecule has 1 fully saturated rings. The highest BCUT2D eigenvalue weighted by atomic mass is 16.7. The Balaban J connectivity index is 2.11. The minimum atomic E-state index is -1.57. The van der Waals surface area contributed by atoms with E-state index in [2.05, 4.69) is 31.3 Å². The van der Waals surface area contributed by atoms with Gasteiger partial charge in [-0.25, -0.2) is 0 Å². The lowest BCUT2D eigenvalue weighted by atomic mass is 9.99. The number of aliphatic hydroxyl groups excluding tert-OH is 5. The second kappa shape index (κ2) is 54.0. The summed E-state index contributed by atoms with van der Waals surface area (Å²) in [5.41, 5.74) is 0. The largest absolute Gasteiger partial charge is 0.394 e. The van der Waals surface area contributed by atoms with Crippen molar-refractivity contribution in [2.45, 2.75) is 365 Å². The highest BCUT2D eigenvalue weighted by Gasteiger charge is 2.44. The van der Waals surface area contributed by atoms with Crippen molar-refractivity contribution in [3.63, 3.8) is 0 Å². The zero-order valence-corrected chi connectivity index (χ0v) is 48.2. The Morgan fingerprint density at radius 3 is 1.15 bits per heavy atom. The maximum atomic E-state index is 13.1. The van der Waals surface area contributed by atoms with E-state index in [-0.39, 0.29) is 12.5 Å². The number of hydrogen-bond acceptors (Lipinski definition) is 8. The molecular formula is C64H123NO8. The second-order valence-corrected chi connectivity index (χ2v) is 22.6. The van der Waals surface area contributed by atoms with Crippen LogP contribution >= 0.6 is 0 Å². The molecule has 0 aromatic carbocycles. The van der Waals surface area contributed by atoms with E-state index in [1.165, 1.54) is 263 Å². The summed E-state index contributed by atoms with van der Waals surface area (Å²) in [7, 11) is 0. The highest BCUT2D eigenvalue weighted by Crippen LogP contribution is 2.23. The highest BCUT2D eigenvalue weighted by molar-refractivity contribution is 5.76. The summed E-state index contributed by atoms with van der Waals surface area (Å²) in [4.78, 5) is 13.1. The number of unbranched alkanes of at least 4 members (excludes halogenated alkanes) is 44. The van der Waals surface area contributed by atoms with E-state index in [1.54, 1.807) is 6.08 Å². The Hall–Kier alpha value is -1.33. The number of carbonyl (C=O) groups is 1. The van der Waals surface area contributed by atoms with Gasteiger partial charge in [-0.3, -0.25) is 4.79 Å². The van der Waals surface area contributed by atoms with Gasteiger partial charge in [0.05, 0.1) is 25.4 Å². The maximum Gasteiger partial charge on any atom is 0.220 e. The van der Waals surface area contributed by atoms with Crippen LogP contribution in [0.1, 0.15) is 322 Å². The fourth-order valence-corrected chi connectivity index (χ4v) is 10.5. The summed E-state index contributed by atoms with van der Waals surface area (Å²) in [6, 6.07) is -0.819. The molecule has 0 aromatic rings. The van der Waals surface area contributed by atoms with Gasteiger partial charge in [-0.2, -0.15) is 0 Å². The Morgan fingerprint density at radius 1 is 0.452 bits per heavy atom. The predicted molar refractivity (Wildman–Crippen MR) is 309 cm³/mol. The molecule has 7 unspecified atom stereocenters. The first kappa shape index (κ1) is 69.7. The summed E-state index contributed by atoms with van der Waals surface area (Å²) in [5.74, 6) is -0.180. The van der Waals surface area contributed by atoms with E-state index < -0.39 is 49.5 Å². The minimum Gasteiger partial charge on any atom is -0.394 e. The van der Waals surface area contributed by atoms with Gasteiger partial charge in [0.15, 0.2) is 6.29 Å². The number of hydrogen-bond donors (Lipinski definition) is 6. The van der Waals surface area contributed by atoms with E-state index in [9.17, 15) is 30.3 Å². The van der Waals surface area contributed by atoms with Gasteiger partial charge in [-0.15, -0.1) is 0 Å². The molecule has 1 saturated heterocycles. The van der Waals surface area contributed by atoms with E-state index in [0.29, 0.717) is 6.42 Å². The molecule has 1 aliphatic rings. The summed E-state index contributed by atoms with van der Waals surface area (Å²) >= 11 is 0. The van der Waals surface area contributed by atoms with Gasteiger partial charge < -0.3 is 40.3 Å². The number of carbonyl (C=O) groups excluding carboxylic acids is 1. The monoisotopic (exact) mass is 1030 g/mol. The zero-order chi connectivity index (χ0) is 52.9. The average molecular weight is 1030 g/mol. The quantitative estimate of drug-likeness (QED) is 0.0261. The molecule has 6 N–H and O–H groups in total. The average Bonchev–Trinajstić information content (AvgIpc) is 3.39. The summed E-state index contributed by atoms with van der Waals surface area (Å²) in [5, 5.41) is 54.5. The van der Waals surface area contributed by atoms with Crippen molar-refractivity contribution in [3.8, 4) is 0 Å². The minimum absolute atomic E-state index is 0.180. The molecule has 0 saturated carbocycles. The SMILES string of the molecule is CCCCCCCCCCCCC/C=C/CC/C=C/C(O)C(COC1OC(CO)C(O)C(O)C1O)NC(=O)CCCCCCCCCCCCCCCCCCCCCCCCCCCCCCCCCCC. The van der Waals surface area contributed by atoms with Gasteiger partial charge in [0.25, 0.3) is 0 Å². The number of amides is 1. The summed E-state index contributed by atoms with van der Waals surface area (Å²) in [6.45, 7) is 3.80. The topological polar surface area (TPSA) is 149 Å². The van der Waals surface area contributed by atoms with E-state index >= 15 is 0 Å². The lowest BCUT2D eigenvalue weighted by Crippen LogP contribution is -2.60. The Bertz CT molecular complexity index is 1200. The van der Waals surface area contributed by atoms with Crippen molar-refractivity contribution in [1.29, 1.82) is 0 Å². The van der Waals surface area contributed by atoms with Crippen LogP contribution in [0.2, 0.25) is 0 Å². The van der Waals surface area contributed by atoms with Crippen molar-refractivity contribution in [3.05, 3.63) is 24.3 Å². The molecule has 0 bridgehead atoms. The van der Waals surface area contributed by atoms with Crippen molar-refractivity contribution < 1.29 is 39.8 Å². The molecule has 1 amide bonds. The molecular weight excluding hydrogens is 911 g/mol. The molecule has 0 aliphatic carbocycles. The third-order valence-corrected chi connectivity index (χ3v) is 15.5. The summed E-state index contributed by atoms with van der Waals surface area (Å²) in [6.07, 6.45) is 62.8. The van der Waals surface area contributed by atoms with Gasteiger partial charge in [0.1, 0.15) is 24.4 Å². The van der Waals surface area contributed by atoms with Crippen LogP contribution in [-0.4, -0.2) is 87.5 Å². The van der Waals surface area contributed by atoms with Gasteiger partial charge in [-0.05, 0) is 32.1 Å². The molecule has 9 nitrogen and oxygen atoms in total. The van der Waals surface area contributed by atoms with Crippen molar-refractivity contribution in [2.24, 2.45) is 0 Å². The molecule has 1 aliphatic heterocycles. The maximum absolute atomic E-state index is 13.1. The number of aliphatic hydroxyl groups is 5. The van der Waals surface area contributed by atoms with Crippen molar-refractivity contribution in [1.82, 2.24) is 5.32 Å². The first-order valence-corrected chi connectivity index (χ1v) is 32.1. The van der Waals surface area contributed by atoms with Crippen molar-refractivity contribution in [2.75, 3.05) is 13.2 Å². The van der Waals surface area contributed by atoms with Crippen LogP contribution < -0.4 is 5.32 Å². The second-order valence-electron chi connectivity index (χ2n) is 22.6. The first-order chi connectivity index (χ1) is 35.8.